The first-order valence-corrected chi connectivity index (χ1v) is 11.3. The summed E-state index contributed by atoms with van der Waals surface area (Å²) in [5.74, 6) is -1.61. The fourth-order valence-corrected chi connectivity index (χ4v) is 3.72. The van der Waals surface area contributed by atoms with Gasteiger partial charge in [0.15, 0.2) is 11.9 Å². The Kier molecular flexibility index (Phi) is 7.72. The van der Waals surface area contributed by atoms with Crippen molar-refractivity contribution in [1.29, 1.82) is 5.26 Å². The number of nitriles is 1. The number of anilines is 1. The third kappa shape index (κ3) is 4.96. The van der Waals surface area contributed by atoms with Gasteiger partial charge in [-0.3, -0.25) is 14.4 Å². The van der Waals surface area contributed by atoms with Gasteiger partial charge < -0.3 is 24.6 Å². The number of aliphatic hydroxyl groups is 1. The number of aliphatic hydroxyl groups excluding tert-OH is 1. The smallest absolute Gasteiger partial charge is 0.309 e. The van der Waals surface area contributed by atoms with E-state index in [1.807, 2.05) is 19.9 Å². The van der Waals surface area contributed by atoms with Crippen LogP contribution in [0, 0.1) is 23.2 Å². The molecule has 35 heavy (non-hydrogen) atoms. The second-order valence-electron chi connectivity index (χ2n) is 8.72. The minimum absolute atomic E-state index is 0.0288. The van der Waals surface area contributed by atoms with Crippen LogP contribution in [0.15, 0.2) is 18.5 Å². The van der Waals surface area contributed by atoms with Gasteiger partial charge in [-0.2, -0.15) is 10.4 Å². The summed E-state index contributed by atoms with van der Waals surface area (Å²) in [6.45, 7) is 8.05. The molecule has 3 rings (SSSR count). The van der Waals surface area contributed by atoms with Crippen molar-refractivity contribution in [1.82, 2.24) is 14.6 Å². The van der Waals surface area contributed by atoms with Crippen molar-refractivity contribution in [2.24, 2.45) is 11.8 Å². The van der Waals surface area contributed by atoms with E-state index in [1.165, 1.54) is 23.8 Å². The minimum Gasteiger partial charge on any atom is -0.463 e. The Morgan fingerprint density at radius 1 is 1.34 bits per heavy atom. The molecule has 0 unspecified atom stereocenters. The van der Waals surface area contributed by atoms with Crippen molar-refractivity contribution in [3.05, 3.63) is 24.2 Å². The molecule has 188 valence electrons. The lowest BCUT2D eigenvalue weighted by atomic mass is 9.92. The van der Waals surface area contributed by atoms with Gasteiger partial charge in [0.05, 0.1) is 11.6 Å². The molecule has 3 heterocycles. The Morgan fingerprint density at radius 2 is 2.06 bits per heavy atom. The molecule has 2 N–H and O–H groups in total. The molecule has 0 bridgehead atoms. The van der Waals surface area contributed by atoms with Gasteiger partial charge in [-0.1, -0.05) is 27.7 Å². The van der Waals surface area contributed by atoms with E-state index in [-0.39, 0.29) is 36.4 Å². The van der Waals surface area contributed by atoms with Crippen molar-refractivity contribution in [2.45, 2.75) is 65.0 Å². The van der Waals surface area contributed by atoms with Gasteiger partial charge in [0.2, 0.25) is 11.5 Å². The van der Waals surface area contributed by atoms with Crippen molar-refractivity contribution in [3.63, 3.8) is 0 Å². The number of fused-ring (bicyclic) bond motifs is 1. The van der Waals surface area contributed by atoms with E-state index in [0.717, 1.165) is 0 Å². The van der Waals surface area contributed by atoms with Crippen LogP contribution in [0.3, 0.4) is 0 Å². The van der Waals surface area contributed by atoms with Crippen molar-refractivity contribution in [3.8, 4) is 6.07 Å². The zero-order chi connectivity index (χ0) is 25.9. The number of amides is 1. The summed E-state index contributed by atoms with van der Waals surface area (Å²) in [7, 11) is 0. The highest BCUT2D eigenvalue weighted by Gasteiger charge is 2.60. The monoisotopic (exact) mass is 487 g/mol. The number of carbonyl (C=O) groups excluding carboxylic acids is 3. The molecule has 0 aromatic carbocycles. The van der Waals surface area contributed by atoms with Gasteiger partial charge in [-0.25, -0.2) is 9.50 Å². The van der Waals surface area contributed by atoms with E-state index in [4.69, 9.17) is 14.2 Å². The number of hydrogen-bond donors (Lipinski definition) is 2. The van der Waals surface area contributed by atoms with Gasteiger partial charge in [0.25, 0.3) is 0 Å². The van der Waals surface area contributed by atoms with Crippen LogP contribution in [0.2, 0.25) is 0 Å². The molecule has 0 aliphatic carbocycles. The number of esters is 2. The summed E-state index contributed by atoms with van der Waals surface area (Å²) < 4.78 is 18.1. The van der Waals surface area contributed by atoms with Crippen LogP contribution in [0.4, 0.5) is 5.82 Å². The fourth-order valence-electron chi connectivity index (χ4n) is 3.72. The number of hydrogen-bond acceptors (Lipinski definition) is 10. The van der Waals surface area contributed by atoms with Crippen LogP contribution < -0.4 is 5.32 Å². The third-order valence-corrected chi connectivity index (χ3v) is 6.04. The quantitative estimate of drug-likeness (QED) is 0.519. The van der Waals surface area contributed by atoms with Crippen LogP contribution in [-0.2, 0) is 34.2 Å². The fraction of sp³-hybridized carbons (Fsp3) is 0.565. The molecule has 1 aliphatic heterocycles. The average molecular weight is 488 g/mol. The SMILES string of the molecule is CCC(=O)O[C@H]1[C@@H](O)[C@](C#N)(c2ccc3c(NC(C)=O)ncnn23)O[C@@H]1COC(=O)[C@@H](C)C(C)C. The first-order valence-electron chi connectivity index (χ1n) is 11.3. The van der Waals surface area contributed by atoms with Gasteiger partial charge in [-0.05, 0) is 18.1 Å². The number of nitrogens with one attached hydrogen (secondary N) is 1. The lowest BCUT2D eigenvalue weighted by Gasteiger charge is -2.24. The highest BCUT2D eigenvalue weighted by Crippen LogP contribution is 2.42. The molecule has 0 radical (unpaired) electrons. The number of carbonyl (C=O) groups is 3. The number of nitrogens with zero attached hydrogens (tertiary/aromatic N) is 4. The van der Waals surface area contributed by atoms with E-state index in [2.05, 4.69) is 15.4 Å². The summed E-state index contributed by atoms with van der Waals surface area (Å²) >= 11 is 0. The van der Waals surface area contributed by atoms with Crippen LogP contribution in [-0.4, -0.2) is 62.5 Å². The molecule has 2 aromatic rings. The van der Waals surface area contributed by atoms with E-state index in [9.17, 15) is 24.8 Å². The molecular formula is C23H29N5O7. The predicted molar refractivity (Wildman–Crippen MR) is 121 cm³/mol. The Labute approximate surface area is 202 Å². The number of aromatic nitrogens is 3. The molecule has 2 aromatic heterocycles. The molecular weight excluding hydrogens is 458 g/mol. The average Bonchev–Trinajstić information content (AvgIpc) is 3.37. The summed E-state index contributed by atoms with van der Waals surface area (Å²) in [4.78, 5) is 40.1. The van der Waals surface area contributed by atoms with Crippen LogP contribution >= 0.6 is 0 Å². The zero-order valence-electron chi connectivity index (χ0n) is 20.2. The molecule has 12 heteroatoms. The van der Waals surface area contributed by atoms with Crippen molar-refractivity contribution < 1.29 is 33.7 Å². The van der Waals surface area contributed by atoms with Gasteiger partial charge in [-0.15, -0.1) is 0 Å². The van der Waals surface area contributed by atoms with E-state index in [1.54, 1.807) is 19.9 Å². The summed E-state index contributed by atoms with van der Waals surface area (Å²) in [5.41, 5.74) is -1.54. The standard InChI is InChI=1S/C23H29N5O7/c1-6-18(30)34-19-16(9-33-22(32)13(4)12(2)3)35-23(10-24,20(19)31)17-8-7-15-21(27-14(5)29)25-11-26-28(15)17/h7-8,11-13,16,19-20,31H,6,9H2,1-5H3,(H,25,26,27,29)/t13-,16+,19+,20+,23-/m0/s1. The maximum atomic E-state index is 12.4. The molecule has 1 aliphatic rings. The van der Waals surface area contributed by atoms with E-state index < -0.39 is 41.8 Å². The second-order valence-corrected chi connectivity index (χ2v) is 8.72. The summed E-state index contributed by atoms with van der Waals surface area (Å²) in [6.07, 6.45) is -2.83. The van der Waals surface area contributed by atoms with Crippen LogP contribution in [0.25, 0.3) is 5.52 Å². The lowest BCUT2D eigenvalue weighted by molar-refractivity contribution is -0.162. The largest absolute Gasteiger partial charge is 0.463 e. The first-order chi connectivity index (χ1) is 16.5. The lowest BCUT2D eigenvalue weighted by Crippen LogP contribution is -2.43. The Hall–Kier alpha value is -3.56. The number of rotatable bonds is 8. The zero-order valence-corrected chi connectivity index (χ0v) is 20.2. The topological polar surface area (TPSA) is 165 Å². The molecule has 1 fully saturated rings. The van der Waals surface area contributed by atoms with E-state index >= 15 is 0 Å². The first kappa shape index (κ1) is 26.1. The molecule has 1 saturated heterocycles. The summed E-state index contributed by atoms with van der Waals surface area (Å²) in [6, 6.07) is 5.04. The molecule has 5 atom stereocenters. The highest BCUT2D eigenvalue weighted by atomic mass is 16.6. The van der Waals surface area contributed by atoms with Crippen LogP contribution in [0.5, 0.6) is 0 Å². The van der Waals surface area contributed by atoms with Gasteiger partial charge >= 0.3 is 11.9 Å². The molecule has 1 amide bonds. The van der Waals surface area contributed by atoms with E-state index in [0.29, 0.717) is 5.52 Å². The predicted octanol–water partition coefficient (Wildman–Crippen LogP) is 1.32. The molecule has 0 spiro atoms. The third-order valence-electron chi connectivity index (χ3n) is 6.04. The number of ether oxygens (including phenoxy) is 3. The van der Waals surface area contributed by atoms with Crippen LogP contribution in [0.1, 0.15) is 46.7 Å². The Balaban J connectivity index is 2.00. The molecule has 12 nitrogen and oxygen atoms in total. The second kappa shape index (κ2) is 10.4. The Morgan fingerprint density at radius 3 is 2.66 bits per heavy atom. The summed E-state index contributed by atoms with van der Waals surface area (Å²) in [5, 5.41) is 28.1. The maximum absolute atomic E-state index is 12.4. The molecule has 0 saturated carbocycles. The van der Waals surface area contributed by atoms with Gasteiger partial charge in [0, 0.05) is 13.3 Å². The normalized spacial score (nSPS) is 24.7. The minimum atomic E-state index is -2.02. The van der Waals surface area contributed by atoms with Crippen molar-refractivity contribution >= 4 is 29.2 Å². The van der Waals surface area contributed by atoms with Crippen molar-refractivity contribution in [2.75, 3.05) is 11.9 Å². The van der Waals surface area contributed by atoms with Gasteiger partial charge in [0.1, 0.15) is 36.7 Å². The highest BCUT2D eigenvalue weighted by molar-refractivity contribution is 5.91. The Bertz CT molecular complexity index is 1160. The maximum Gasteiger partial charge on any atom is 0.309 e.